The van der Waals surface area contributed by atoms with Crippen molar-refractivity contribution < 1.29 is 4.79 Å². The molecule has 1 amide bonds. The predicted octanol–water partition coefficient (Wildman–Crippen LogP) is 2.80. The zero-order chi connectivity index (χ0) is 13.2. The molecule has 1 fully saturated rings. The lowest BCUT2D eigenvalue weighted by Crippen LogP contribution is -2.36. The average Bonchev–Trinajstić information content (AvgIpc) is 2.40. The summed E-state index contributed by atoms with van der Waals surface area (Å²) in [6.07, 6.45) is 9.94. The third kappa shape index (κ3) is 6.39. The fourth-order valence-corrected chi connectivity index (χ4v) is 2.72. The Morgan fingerprint density at radius 1 is 1.17 bits per heavy atom. The molecule has 0 radical (unpaired) electrons. The van der Waals surface area contributed by atoms with Gasteiger partial charge in [0, 0.05) is 13.5 Å². The second-order valence-electron chi connectivity index (χ2n) is 5.58. The van der Waals surface area contributed by atoms with Gasteiger partial charge in [-0.1, -0.05) is 32.6 Å². The van der Waals surface area contributed by atoms with Crippen molar-refractivity contribution in [1.82, 2.24) is 10.2 Å². The third-order valence-corrected chi connectivity index (χ3v) is 4.04. The minimum absolute atomic E-state index is 0.202. The summed E-state index contributed by atoms with van der Waals surface area (Å²) in [5, 5.41) is 2.72. The highest BCUT2D eigenvalue weighted by Crippen LogP contribution is 2.20. The molecule has 0 atom stereocenters. The van der Waals surface area contributed by atoms with Gasteiger partial charge >= 0.3 is 0 Å². The van der Waals surface area contributed by atoms with Crippen molar-refractivity contribution in [2.24, 2.45) is 5.92 Å². The van der Waals surface area contributed by atoms with Crippen molar-refractivity contribution in [3.05, 3.63) is 0 Å². The maximum atomic E-state index is 11.3. The van der Waals surface area contributed by atoms with E-state index >= 15 is 0 Å². The van der Waals surface area contributed by atoms with Crippen LogP contribution in [0, 0.1) is 5.92 Å². The summed E-state index contributed by atoms with van der Waals surface area (Å²) in [7, 11) is 1.73. The number of nitrogens with one attached hydrogen (secondary N) is 1. The molecule has 1 N–H and O–H groups in total. The Kier molecular flexibility index (Phi) is 8.06. The summed E-state index contributed by atoms with van der Waals surface area (Å²) in [6.45, 7) is 5.90. The van der Waals surface area contributed by atoms with E-state index < -0.39 is 0 Å². The van der Waals surface area contributed by atoms with Gasteiger partial charge in [-0.3, -0.25) is 4.79 Å². The largest absolute Gasteiger partial charge is 0.359 e. The van der Waals surface area contributed by atoms with Crippen LogP contribution >= 0.6 is 0 Å². The lowest BCUT2D eigenvalue weighted by molar-refractivity contribution is -0.121. The van der Waals surface area contributed by atoms with E-state index in [-0.39, 0.29) is 5.91 Å². The molecule has 1 aliphatic heterocycles. The van der Waals surface area contributed by atoms with E-state index in [0.29, 0.717) is 5.92 Å². The monoisotopic (exact) mass is 254 g/mol. The smallest absolute Gasteiger partial charge is 0.220 e. The minimum Gasteiger partial charge on any atom is -0.359 e. The van der Waals surface area contributed by atoms with Crippen molar-refractivity contribution in [2.75, 3.05) is 26.7 Å². The van der Waals surface area contributed by atoms with Gasteiger partial charge in [0.05, 0.1) is 0 Å². The van der Waals surface area contributed by atoms with Crippen LogP contribution in [0.1, 0.15) is 58.3 Å². The van der Waals surface area contributed by atoms with Crippen LogP contribution in [0.15, 0.2) is 0 Å². The molecule has 0 bridgehead atoms. The van der Waals surface area contributed by atoms with Crippen molar-refractivity contribution in [3.8, 4) is 0 Å². The Morgan fingerprint density at radius 3 is 2.44 bits per heavy atom. The number of hydrogen-bond acceptors (Lipinski definition) is 2. The van der Waals surface area contributed by atoms with E-state index in [1.165, 1.54) is 64.6 Å². The van der Waals surface area contributed by atoms with E-state index in [4.69, 9.17) is 0 Å². The number of hydrogen-bond donors (Lipinski definition) is 1. The molecular weight excluding hydrogens is 224 g/mol. The van der Waals surface area contributed by atoms with Crippen molar-refractivity contribution in [3.63, 3.8) is 0 Å². The fourth-order valence-electron chi connectivity index (χ4n) is 2.72. The zero-order valence-corrected chi connectivity index (χ0v) is 12.2. The molecule has 0 spiro atoms. The highest BCUT2D eigenvalue weighted by Gasteiger charge is 2.20. The first kappa shape index (κ1) is 15.5. The molecule has 0 aromatic carbocycles. The molecule has 0 aromatic heterocycles. The molecule has 0 aliphatic carbocycles. The summed E-state index contributed by atoms with van der Waals surface area (Å²) in [5.41, 5.74) is 0. The summed E-state index contributed by atoms with van der Waals surface area (Å²) < 4.78 is 0. The second-order valence-corrected chi connectivity index (χ2v) is 5.58. The summed E-state index contributed by atoms with van der Waals surface area (Å²) in [6, 6.07) is 0. The van der Waals surface area contributed by atoms with E-state index in [1.54, 1.807) is 7.05 Å². The number of rotatable bonds is 8. The van der Waals surface area contributed by atoms with Crippen molar-refractivity contribution >= 4 is 5.91 Å². The van der Waals surface area contributed by atoms with Crippen LogP contribution < -0.4 is 5.32 Å². The van der Waals surface area contributed by atoms with Crippen LogP contribution in [0.25, 0.3) is 0 Å². The fraction of sp³-hybridized carbons (Fsp3) is 0.933. The number of carbonyl (C=O) groups is 1. The molecule has 1 aliphatic rings. The molecule has 0 unspecified atom stereocenters. The van der Waals surface area contributed by atoms with Crippen molar-refractivity contribution in [1.29, 1.82) is 0 Å². The molecule has 18 heavy (non-hydrogen) atoms. The van der Waals surface area contributed by atoms with Crippen LogP contribution in [0.2, 0.25) is 0 Å². The maximum absolute atomic E-state index is 11.3. The molecule has 1 rings (SSSR count). The van der Waals surface area contributed by atoms with Crippen LogP contribution in [-0.2, 0) is 4.79 Å². The summed E-state index contributed by atoms with van der Waals surface area (Å²) >= 11 is 0. The number of likely N-dealkylation sites (tertiary alicyclic amines) is 1. The van der Waals surface area contributed by atoms with Gasteiger partial charge in [-0.2, -0.15) is 0 Å². The standard InChI is InChI=1S/C15H30N2O/c1-3-4-5-6-7-10-17-11-8-14(9-12-17)13-15(18)16-2/h14H,3-13H2,1-2H3,(H,16,18). The van der Waals surface area contributed by atoms with E-state index in [0.717, 1.165) is 6.42 Å². The first-order valence-electron chi connectivity index (χ1n) is 7.69. The SMILES string of the molecule is CCCCCCCN1CCC(CC(=O)NC)CC1. The first-order chi connectivity index (χ1) is 8.76. The number of unbranched alkanes of at least 4 members (excludes halogenated alkanes) is 4. The molecule has 106 valence electrons. The number of amides is 1. The third-order valence-electron chi connectivity index (χ3n) is 4.04. The van der Waals surface area contributed by atoms with Gasteiger partial charge in [-0.15, -0.1) is 0 Å². The van der Waals surface area contributed by atoms with Gasteiger partial charge in [0.2, 0.25) is 5.91 Å². The highest BCUT2D eigenvalue weighted by molar-refractivity contribution is 5.75. The Bertz CT molecular complexity index is 223. The summed E-state index contributed by atoms with van der Waals surface area (Å²) in [5.74, 6) is 0.814. The zero-order valence-electron chi connectivity index (χ0n) is 12.2. The van der Waals surface area contributed by atoms with Crippen LogP contribution in [0.5, 0.6) is 0 Å². The van der Waals surface area contributed by atoms with E-state index in [2.05, 4.69) is 17.1 Å². The van der Waals surface area contributed by atoms with Gasteiger partial charge in [-0.25, -0.2) is 0 Å². The Hall–Kier alpha value is -0.570. The quantitative estimate of drug-likeness (QED) is 0.676. The Labute approximate surface area is 112 Å². The van der Waals surface area contributed by atoms with Crippen LogP contribution in [0.3, 0.4) is 0 Å². The number of nitrogens with zero attached hydrogens (tertiary/aromatic N) is 1. The average molecular weight is 254 g/mol. The lowest BCUT2D eigenvalue weighted by atomic mass is 9.93. The van der Waals surface area contributed by atoms with Gasteiger partial charge in [0.1, 0.15) is 0 Å². The molecule has 1 heterocycles. The predicted molar refractivity (Wildman–Crippen MR) is 76.6 cm³/mol. The topological polar surface area (TPSA) is 32.3 Å². The Balaban J connectivity index is 2.03. The van der Waals surface area contributed by atoms with Crippen molar-refractivity contribution in [2.45, 2.75) is 58.3 Å². The van der Waals surface area contributed by atoms with Gasteiger partial charge < -0.3 is 10.2 Å². The lowest BCUT2D eigenvalue weighted by Gasteiger charge is -2.31. The molecule has 0 saturated carbocycles. The molecule has 3 heteroatoms. The molecule has 0 aromatic rings. The maximum Gasteiger partial charge on any atom is 0.220 e. The van der Waals surface area contributed by atoms with Gasteiger partial charge in [0.15, 0.2) is 0 Å². The van der Waals surface area contributed by atoms with Crippen LogP contribution in [0.4, 0.5) is 0 Å². The van der Waals surface area contributed by atoms with Crippen LogP contribution in [-0.4, -0.2) is 37.5 Å². The normalized spacial score (nSPS) is 17.9. The highest BCUT2D eigenvalue weighted by atomic mass is 16.1. The minimum atomic E-state index is 0.202. The van der Waals surface area contributed by atoms with E-state index in [9.17, 15) is 4.79 Å². The number of piperidine rings is 1. The van der Waals surface area contributed by atoms with Gasteiger partial charge in [0.25, 0.3) is 0 Å². The first-order valence-corrected chi connectivity index (χ1v) is 7.69. The molecular formula is C15H30N2O. The second kappa shape index (κ2) is 9.37. The molecule has 3 nitrogen and oxygen atoms in total. The molecule has 1 saturated heterocycles. The number of carbonyl (C=O) groups excluding carboxylic acids is 1. The van der Waals surface area contributed by atoms with Gasteiger partial charge in [-0.05, 0) is 44.8 Å². The summed E-state index contributed by atoms with van der Waals surface area (Å²) in [4.78, 5) is 13.9. The van der Waals surface area contributed by atoms with E-state index in [1.807, 2.05) is 0 Å². The Morgan fingerprint density at radius 2 is 1.83 bits per heavy atom.